The number of amides is 1. The van der Waals surface area contributed by atoms with E-state index in [1.54, 1.807) is 30.2 Å². The van der Waals surface area contributed by atoms with E-state index in [0.29, 0.717) is 35.8 Å². The fourth-order valence-electron chi connectivity index (χ4n) is 3.39. The van der Waals surface area contributed by atoms with Crippen LogP contribution in [0.25, 0.3) is 0 Å². The van der Waals surface area contributed by atoms with Crippen molar-refractivity contribution >= 4 is 11.7 Å². The monoisotopic (exact) mass is 356 g/mol. The van der Waals surface area contributed by atoms with Crippen molar-refractivity contribution in [2.45, 2.75) is 19.8 Å². The summed E-state index contributed by atoms with van der Waals surface area (Å²) in [4.78, 5) is 30.4. The van der Waals surface area contributed by atoms with E-state index in [1.165, 1.54) is 7.11 Å². The Morgan fingerprint density at radius 1 is 1.19 bits per heavy atom. The number of piperidine rings is 1. The lowest BCUT2D eigenvalue weighted by Crippen LogP contribution is -2.42. The third-order valence-corrected chi connectivity index (χ3v) is 4.81. The van der Waals surface area contributed by atoms with Gasteiger partial charge in [0, 0.05) is 31.3 Å². The zero-order valence-electron chi connectivity index (χ0n) is 15.4. The number of H-pyrrole nitrogens is 1. The zero-order chi connectivity index (χ0) is 18.7. The number of hydrogen-bond donors (Lipinski definition) is 1. The van der Waals surface area contributed by atoms with Crippen LogP contribution >= 0.6 is 0 Å². The first-order valence-electron chi connectivity index (χ1n) is 8.74. The van der Waals surface area contributed by atoms with Crippen LogP contribution in [0.2, 0.25) is 0 Å². The summed E-state index contributed by atoms with van der Waals surface area (Å²) >= 11 is 0. The molecule has 1 aliphatic rings. The highest BCUT2D eigenvalue weighted by Crippen LogP contribution is 2.29. The van der Waals surface area contributed by atoms with E-state index >= 15 is 0 Å². The largest absolute Gasteiger partial charge is 0.497 e. The smallest absolute Gasteiger partial charge is 0.270 e. The molecule has 1 saturated heterocycles. The van der Waals surface area contributed by atoms with E-state index in [1.807, 2.05) is 19.2 Å². The van der Waals surface area contributed by atoms with Crippen LogP contribution in [0.5, 0.6) is 11.5 Å². The predicted octanol–water partition coefficient (Wildman–Crippen LogP) is 3.08. The molecule has 26 heavy (non-hydrogen) atoms. The Morgan fingerprint density at radius 3 is 2.65 bits per heavy atom. The SMILES string of the molecule is COc1ccc(C(=O)C2CCCN(C(=O)c3cc(C)c[nH]3)C2)c(OC)c1. The lowest BCUT2D eigenvalue weighted by molar-refractivity contribution is 0.0632. The summed E-state index contributed by atoms with van der Waals surface area (Å²) in [7, 11) is 3.11. The molecular formula is C20H24N2O4. The van der Waals surface area contributed by atoms with Crippen LogP contribution in [0.4, 0.5) is 0 Å². The Hall–Kier alpha value is -2.76. The Labute approximate surface area is 153 Å². The minimum Gasteiger partial charge on any atom is -0.497 e. The van der Waals surface area contributed by atoms with Gasteiger partial charge in [0.1, 0.15) is 17.2 Å². The van der Waals surface area contributed by atoms with Gasteiger partial charge in [-0.2, -0.15) is 0 Å². The van der Waals surface area contributed by atoms with Crippen molar-refractivity contribution in [3.8, 4) is 11.5 Å². The molecule has 6 nitrogen and oxygen atoms in total. The standard InChI is InChI=1S/C20H24N2O4/c1-13-9-17(21-11-13)20(24)22-8-4-5-14(12-22)19(23)16-7-6-15(25-2)10-18(16)26-3/h6-7,9-11,14,21H,4-5,8,12H2,1-3H3. The Kier molecular flexibility index (Phi) is 5.30. The molecule has 138 valence electrons. The van der Waals surface area contributed by atoms with Gasteiger partial charge in [0.2, 0.25) is 0 Å². The molecule has 3 rings (SSSR count). The fourth-order valence-corrected chi connectivity index (χ4v) is 3.39. The van der Waals surface area contributed by atoms with E-state index in [9.17, 15) is 9.59 Å². The van der Waals surface area contributed by atoms with Crippen LogP contribution in [-0.2, 0) is 0 Å². The van der Waals surface area contributed by atoms with Gasteiger partial charge in [-0.1, -0.05) is 0 Å². The molecule has 6 heteroatoms. The first-order valence-corrected chi connectivity index (χ1v) is 8.74. The molecule has 2 aromatic rings. The van der Waals surface area contributed by atoms with Crippen molar-refractivity contribution in [1.82, 2.24) is 9.88 Å². The highest BCUT2D eigenvalue weighted by molar-refractivity contribution is 6.01. The van der Waals surface area contributed by atoms with Crippen LogP contribution in [-0.4, -0.2) is 48.9 Å². The minimum absolute atomic E-state index is 0.00432. The first kappa shape index (κ1) is 18.0. The minimum atomic E-state index is -0.231. The fraction of sp³-hybridized carbons (Fsp3) is 0.400. The summed E-state index contributed by atoms with van der Waals surface area (Å²) < 4.78 is 10.5. The number of carbonyl (C=O) groups is 2. The van der Waals surface area contributed by atoms with Crippen molar-refractivity contribution in [2.75, 3.05) is 27.3 Å². The Bertz CT molecular complexity index is 812. The molecule has 1 aliphatic heterocycles. The number of aryl methyl sites for hydroxylation is 1. The summed E-state index contributed by atoms with van der Waals surface area (Å²) in [6, 6.07) is 7.03. The molecule has 0 radical (unpaired) electrons. The molecule has 1 aromatic heterocycles. The molecule has 1 N–H and O–H groups in total. The number of ketones is 1. The molecule has 1 amide bonds. The second-order valence-electron chi connectivity index (χ2n) is 6.61. The predicted molar refractivity (Wildman–Crippen MR) is 98.0 cm³/mol. The molecule has 1 atom stereocenters. The lowest BCUT2D eigenvalue weighted by atomic mass is 9.89. The summed E-state index contributed by atoms with van der Waals surface area (Å²) in [6.45, 7) is 3.02. The van der Waals surface area contributed by atoms with E-state index in [2.05, 4.69) is 4.98 Å². The van der Waals surface area contributed by atoms with Crippen molar-refractivity contribution in [3.05, 3.63) is 47.3 Å². The molecule has 0 bridgehead atoms. The van der Waals surface area contributed by atoms with Crippen LogP contribution in [0, 0.1) is 12.8 Å². The van der Waals surface area contributed by atoms with Crippen LogP contribution < -0.4 is 9.47 Å². The molecule has 1 unspecified atom stereocenters. The molecular weight excluding hydrogens is 332 g/mol. The maximum Gasteiger partial charge on any atom is 0.270 e. The van der Waals surface area contributed by atoms with Gasteiger partial charge in [-0.05, 0) is 43.5 Å². The quantitative estimate of drug-likeness (QED) is 0.836. The number of ether oxygens (including phenoxy) is 2. The zero-order valence-corrected chi connectivity index (χ0v) is 15.4. The normalized spacial score (nSPS) is 17.0. The highest BCUT2D eigenvalue weighted by atomic mass is 16.5. The molecule has 0 aliphatic carbocycles. The third kappa shape index (κ3) is 3.59. The maximum absolute atomic E-state index is 13.0. The van der Waals surface area contributed by atoms with Crippen molar-refractivity contribution in [1.29, 1.82) is 0 Å². The third-order valence-electron chi connectivity index (χ3n) is 4.81. The molecule has 1 fully saturated rings. The average molecular weight is 356 g/mol. The van der Waals surface area contributed by atoms with Gasteiger partial charge < -0.3 is 19.4 Å². The average Bonchev–Trinajstić information content (AvgIpc) is 3.12. The van der Waals surface area contributed by atoms with Gasteiger partial charge in [0.25, 0.3) is 5.91 Å². The molecule has 0 saturated carbocycles. The summed E-state index contributed by atoms with van der Waals surface area (Å²) in [5.74, 6) is 0.853. The number of hydrogen-bond acceptors (Lipinski definition) is 4. The first-order chi connectivity index (χ1) is 12.5. The van der Waals surface area contributed by atoms with Gasteiger partial charge in [-0.3, -0.25) is 9.59 Å². The topological polar surface area (TPSA) is 71.6 Å². The van der Waals surface area contributed by atoms with Gasteiger partial charge in [-0.25, -0.2) is 0 Å². The van der Waals surface area contributed by atoms with E-state index in [4.69, 9.17) is 9.47 Å². The summed E-state index contributed by atoms with van der Waals surface area (Å²) in [5, 5.41) is 0. The van der Waals surface area contributed by atoms with Gasteiger partial charge in [0.15, 0.2) is 5.78 Å². The number of carbonyl (C=O) groups excluding carboxylic acids is 2. The number of benzene rings is 1. The lowest BCUT2D eigenvalue weighted by Gasteiger charge is -2.32. The number of nitrogens with one attached hydrogen (secondary N) is 1. The van der Waals surface area contributed by atoms with E-state index in [0.717, 1.165) is 18.4 Å². The Morgan fingerprint density at radius 2 is 2.00 bits per heavy atom. The van der Waals surface area contributed by atoms with Gasteiger partial charge >= 0.3 is 0 Å². The number of likely N-dealkylation sites (tertiary alicyclic amines) is 1. The van der Waals surface area contributed by atoms with E-state index in [-0.39, 0.29) is 17.6 Å². The van der Waals surface area contributed by atoms with Crippen LogP contribution in [0.15, 0.2) is 30.5 Å². The highest BCUT2D eigenvalue weighted by Gasteiger charge is 2.31. The number of aromatic amines is 1. The van der Waals surface area contributed by atoms with Crippen molar-refractivity contribution in [2.24, 2.45) is 5.92 Å². The number of aromatic nitrogens is 1. The van der Waals surface area contributed by atoms with Gasteiger partial charge in [0.05, 0.1) is 19.8 Å². The van der Waals surface area contributed by atoms with Gasteiger partial charge in [-0.15, -0.1) is 0 Å². The second kappa shape index (κ2) is 7.64. The molecule has 0 spiro atoms. The van der Waals surface area contributed by atoms with Crippen molar-refractivity contribution < 1.29 is 19.1 Å². The maximum atomic E-state index is 13.0. The summed E-state index contributed by atoms with van der Waals surface area (Å²) in [6.07, 6.45) is 3.38. The number of methoxy groups -OCH3 is 2. The molecule has 1 aromatic carbocycles. The van der Waals surface area contributed by atoms with Crippen LogP contribution in [0.1, 0.15) is 39.3 Å². The number of Topliss-reactive ketones (excluding diaryl/α,β-unsaturated/α-hetero) is 1. The second-order valence-corrected chi connectivity index (χ2v) is 6.61. The van der Waals surface area contributed by atoms with Crippen LogP contribution in [0.3, 0.4) is 0 Å². The summed E-state index contributed by atoms with van der Waals surface area (Å²) in [5.41, 5.74) is 2.11. The Balaban J connectivity index is 1.77. The van der Waals surface area contributed by atoms with Crippen molar-refractivity contribution in [3.63, 3.8) is 0 Å². The van der Waals surface area contributed by atoms with E-state index < -0.39 is 0 Å². The number of rotatable bonds is 5. The molecule has 2 heterocycles. The number of nitrogens with zero attached hydrogens (tertiary/aromatic N) is 1.